The number of nitrogens with zero attached hydrogens (tertiary/aromatic N) is 2. The Morgan fingerprint density at radius 2 is 1.96 bits per heavy atom. The lowest BCUT2D eigenvalue weighted by Crippen LogP contribution is -1.90. The van der Waals surface area contributed by atoms with Gasteiger partial charge in [0, 0.05) is 18.3 Å². The molecule has 1 atom stereocenters. The Bertz CT molecular complexity index is 765. The number of aromatic hydroxyl groups is 1. The molecule has 1 unspecified atom stereocenters. The summed E-state index contributed by atoms with van der Waals surface area (Å²) < 4.78 is 0. The number of hydrogen-bond donors (Lipinski definition) is 1. The van der Waals surface area contributed by atoms with Gasteiger partial charge in [0.2, 0.25) is 0 Å². The van der Waals surface area contributed by atoms with Crippen molar-refractivity contribution in [2.45, 2.75) is 26.2 Å². The van der Waals surface area contributed by atoms with E-state index in [1.165, 1.54) is 12.1 Å². The highest BCUT2D eigenvalue weighted by Gasteiger charge is 2.06. The van der Waals surface area contributed by atoms with Crippen LogP contribution in [0.1, 0.15) is 37.3 Å². The molecule has 0 amide bonds. The summed E-state index contributed by atoms with van der Waals surface area (Å²) in [7, 11) is 0. The van der Waals surface area contributed by atoms with E-state index < -0.39 is 4.92 Å². The molecule has 124 valence electrons. The Morgan fingerprint density at radius 3 is 2.58 bits per heavy atom. The van der Waals surface area contributed by atoms with Crippen molar-refractivity contribution < 1.29 is 10.0 Å². The average molecular weight is 324 g/mol. The van der Waals surface area contributed by atoms with Crippen LogP contribution in [-0.4, -0.2) is 16.2 Å². The van der Waals surface area contributed by atoms with Gasteiger partial charge in [0.1, 0.15) is 11.4 Å². The Labute approximate surface area is 141 Å². The van der Waals surface area contributed by atoms with Gasteiger partial charge in [-0.05, 0) is 53.8 Å². The fraction of sp³-hybridized carbons (Fsp3) is 0.211. The molecule has 5 heteroatoms. The third kappa shape index (κ3) is 4.52. The fourth-order valence-corrected chi connectivity index (χ4v) is 2.17. The summed E-state index contributed by atoms with van der Waals surface area (Å²) in [6.45, 7) is 4.25. The zero-order valence-electron chi connectivity index (χ0n) is 13.7. The molecule has 0 aliphatic rings. The van der Waals surface area contributed by atoms with Crippen LogP contribution in [0, 0.1) is 10.1 Å². The van der Waals surface area contributed by atoms with Crippen molar-refractivity contribution in [3.63, 3.8) is 0 Å². The maximum absolute atomic E-state index is 10.6. The van der Waals surface area contributed by atoms with E-state index in [0.29, 0.717) is 11.6 Å². The molecular formula is C19H20N2O3. The molecule has 0 spiro atoms. The molecule has 2 aromatic rings. The molecule has 0 aromatic heterocycles. The predicted octanol–water partition coefficient (Wildman–Crippen LogP) is 5.23. The lowest BCUT2D eigenvalue weighted by atomic mass is 9.98. The second-order valence-corrected chi connectivity index (χ2v) is 5.54. The highest BCUT2D eigenvalue weighted by molar-refractivity contribution is 5.81. The lowest BCUT2D eigenvalue weighted by molar-refractivity contribution is -0.384. The van der Waals surface area contributed by atoms with Crippen molar-refractivity contribution in [3.05, 3.63) is 69.8 Å². The summed E-state index contributed by atoms with van der Waals surface area (Å²) >= 11 is 0. The van der Waals surface area contributed by atoms with E-state index in [-0.39, 0.29) is 11.4 Å². The number of hydrogen-bond acceptors (Lipinski definition) is 4. The van der Waals surface area contributed by atoms with Crippen molar-refractivity contribution in [1.82, 2.24) is 0 Å². The molecule has 0 radical (unpaired) electrons. The molecule has 2 aromatic carbocycles. The van der Waals surface area contributed by atoms with Gasteiger partial charge in [-0.25, -0.2) is 0 Å². The minimum atomic E-state index is -0.429. The number of aliphatic imine (C=N–C) groups is 1. The van der Waals surface area contributed by atoms with Crippen molar-refractivity contribution in [2.24, 2.45) is 4.99 Å². The first-order valence-corrected chi connectivity index (χ1v) is 7.79. The van der Waals surface area contributed by atoms with E-state index in [9.17, 15) is 15.2 Å². The van der Waals surface area contributed by atoms with Crippen molar-refractivity contribution in [3.8, 4) is 5.75 Å². The predicted molar refractivity (Wildman–Crippen MR) is 97.1 cm³/mol. The van der Waals surface area contributed by atoms with E-state index in [1.54, 1.807) is 36.6 Å². The zero-order valence-corrected chi connectivity index (χ0v) is 13.7. The van der Waals surface area contributed by atoms with Gasteiger partial charge < -0.3 is 5.11 Å². The van der Waals surface area contributed by atoms with Crippen LogP contribution in [0.3, 0.4) is 0 Å². The van der Waals surface area contributed by atoms with Crippen LogP contribution in [-0.2, 0) is 0 Å². The fourth-order valence-electron chi connectivity index (χ4n) is 2.17. The molecule has 0 aliphatic heterocycles. The average Bonchev–Trinajstić information content (AvgIpc) is 2.59. The maximum Gasteiger partial charge on any atom is 0.269 e. The summed E-state index contributed by atoms with van der Waals surface area (Å²) in [6, 6.07) is 11.7. The molecule has 0 fully saturated rings. The summed E-state index contributed by atoms with van der Waals surface area (Å²) in [4.78, 5) is 14.4. The Morgan fingerprint density at radius 1 is 1.25 bits per heavy atom. The van der Waals surface area contributed by atoms with Crippen LogP contribution in [0.5, 0.6) is 5.75 Å². The number of allylic oxidation sites excluding steroid dienone is 1. The maximum atomic E-state index is 10.6. The zero-order chi connectivity index (χ0) is 17.5. The minimum Gasteiger partial charge on any atom is -0.506 e. The van der Waals surface area contributed by atoms with Gasteiger partial charge in [-0.2, -0.15) is 0 Å². The quantitative estimate of drug-likeness (QED) is 0.449. The number of phenolic OH excluding ortho intramolecular Hbond substituents is 1. The van der Waals surface area contributed by atoms with Gasteiger partial charge in [-0.15, -0.1) is 0 Å². The largest absolute Gasteiger partial charge is 0.506 e. The number of rotatable bonds is 6. The van der Waals surface area contributed by atoms with E-state index in [1.807, 2.05) is 12.1 Å². The van der Waals surface area contributed by atoms with Gasteiger partial charge in [-0.3, -0.25) is 15.1 Å². The van der Waals surface area contributed by atoms with Crippen LogP contribution in [0.4, 0.5) is 11.4 Å². The monoisotopic (exact) mass is 324 g/mol. The molecule has 0 bridgehead atoms. The summed E-state index contributed by atoms with van der Waals surface area (Å²) in [5.41, 5.74) is 2.57. The van der Waals surface area contributed by atoms with Crippen LogP contribution in [0.2, 0.25) is 0 Å². The molecule has 2 rings (SSSR count). The topological polar surface area (TPSA) is 75.7 Å². The molecular weight excluding hydrogens is 304 g/mol. The number of phenols is 1. The third-order valence-electron chi connectivity index (χ3n) is 3.87. The van der Waals surface area contributed by atoms with Crippen LogP contribution >= 0.6 is 0 Å². The molecule has 0 saturated carbocycles. The van der Waals surface area contributed by atoms with Crippen LogP contribution < -0.4 is 0 Å². The Hall–Kier alpha value is -2.95. The first kappa shape index (κ1) is 17.4. The first-order chi connectivity index (χ1) is 11.5. The van der Waals surface area contributed by atoms with Crippen molar-refractivity contribution >= 4 is 23.7 Å². The van der Waals surface area contributed by atoms with Crippen LogP contribution in [0.25, 0.3) is 6.08 Å². The second kappa shape index (κ2) is 8.06. The Balaban J connectivity index is 2.09. The smallest absolute Gasteiger partial charge is 0.269 e. The second-order valence-electron chi connectivity index (χ2n) is 5.54. The van der Waals surface area contributed by atoms with Crippen molar-refractivity contribution in [1.29, 1.82) is 0 Å². The van der Waals surface area contributed by atoms with Gasteiger partial charge >= 0.3 is 0 Å². The molecule has 0 aliphatic carbocycles. The number of benzene rings is 2. The SMILES string of the molecule is CCC(C)c1ccc(O)c(N=CC=Cc2ccc([N+](=O)[O-])cc2)c1. The summed E-state index contributed by atoms with van der Waals surface area (Å²) in [5, 5.41) is 20.5. The lowest BCUT2D eigenvalue weighted by Gasteiger charge is -2.10. The summed E-state index contributed by atoms with van der Waals surface area (Å²) in [6.07, 6.45) is 6.14. The number of nitro benzene ring substituents is 1. The highest BCUT2D eigenvalue weighted by atomic mass is 16.6. The molecule has 1 N–H and O–H groups in total. The Kier molecular flexibility index (Phi) is 5.84. The molecule has 0 saturated heterocycles. The first-order valence-electron chi connectivity index (χ1n) is 7.79. The third-order valence-corrected chi connectivity index (χ3v) is 3.87. The van der Waals surface area contributed by atoms with Gasteiger partial charge in [-0.1, -0.05) is 26.0 Å². The summed E-state index contributed by atoms with van der Waals surface area (Å²) in [5.74, 6) is 0.553. The van der Waals surface area contributed by atoms with E-state index >= 15 is 0 Å². The molecule has 0 heterocycles. The van der Waals surface area contributed by atoms with Gasteiger partial charge in [0.15, 0.2) is 0 Å². The van der Waals surface area contributed by atoms with E-state index in [2.05, 4.69) is 18.8 Å². The standard InChI is InChI=1S/C19H20N2O3/c1-3-14(2)16-8-11-19(22)18(13-16)20-12-4-5-15-6-9-17(10-7-15)21(23)24/h4-14,22H,3H2,1-2H3. The van der Waals surface area contributed by atoms with Crippen LogP contribution in [0.15, 0.2) is 53.5 Å². The van der Waals surface area contributed by atoms with Gasteiger partial charge in [0.05, 0.1) is 4.92 Å². The number of non-ortho nitro benzene ring substituents is 1. The minimum absolute atomic E-state index is 0.0626. The molecule has 24 heavy (non-hydrogen) atoms. The van der Waals surface area contributed by atoms with E-state index in [0.717, 1.165) is 17.5 Å². The van der Waals surface area contributed by atoms with Gasteiger partial charge in [0.25, 0.3) is 5.69 Å². The highest BCUT2D eigenvalue weighted by Crippen LogP contribution is 2.30. The van der Waals surface area contributed by atoms with Crippen molar-refractivity contribution in [2.75, 3.05) is 0 Å². The van der Waals surface area contributed by atoms with E-state index in [4.69, 9.17) is 0 Å². The molecule has 5 nitrogen and oxygen atoms in total. The normalized spacial score (nSPS) is 12.8. The number of nitro groups is 1.